The fourth-order valence-electron chi connectivity index (χ4n) is 3.27. The van der Waals surface area contributed by atoms with Gasteiger partial charge in [-0.15, -0.1) is 0 Å². The Labute approximate surface area is 161 Å². The van der Waals surface area contributed by atoms with E-state index in [0.29, 0.717) is 13.2 Å². The molecule has 0 amide bonds. The van der Waals surface area contributed by atoms with Crippen LogP contribution < -0.4 is 9.64 Å². The Morgan fingerprint density at radius 3 is 1.96 bits per heavy atom. The lowest BCUT2D eigenvalue weighted by molar-refractivity contribution is -0.930. The first kappa shape index (κ1) is 19.2. The van der Waals surface area contributed by atoms with Crippen LogP contribution >= 0.6 is 0 Å². The van der Waals surface area contributed by atoms with Crippen molar-refractivity contribution in [3.8, 4) is 5.75 Å². The van der Waals surface area contributed by atoms with Crippen LogP contribution in [0.1, 0.15) is 16.7 Å². The Morgan fingerprint density at radius 2 is 1.41 bits per heavy atom. The molecule has 0 unspecified atom stereocenters. The van der Waals surface area contributed by atoms with Gasteiger partial charge in [0.05, 0.1) is 0 Å². The van der Waals surface area contributed by atoms with Gasteiger partial charge in [-0.05, 0) is 24.6 Å². The van der Waals surface area contributed by atoms with Crippen LogP contribution in [-0.4, -0.2) is 24.4 Å². The fourth-order valence-corrected chi connectivity index (χ4v) is 3.27. The molecule has 0 saturated carbocycles. The molecule has 27 heavy (non-hydrogen) atoms. The quantitative estimate of drug-likeness (QED) is 0.614. The number of aliphatic hydroxyl groups excluding tert-OH is 1. The second kappa shape index (κ2) is 9.91. The third kappa shape index (κ3) is 6.55. The Bertz CT molecular complexity index is 763. The van der Waals surface area contributed by atoms with Gasteiger partial charge in [0.25, 0.3) is 0 Å². The molecule has 0 aliphatic rings. The number of aryl methyl sites for hydroxylation is 1. The van der Waals surface area contributed by atoms with E-state index in [4.69, 9.17) is 4.74 Å². The number of quaternary nitrogens is 1. The Balaban J connectivity index is 1.60. The van der Waals surface area contributed by atoms with Gasteiger partial charge in [0.15, 0.2) is 0 Å². The van der Waals surface area contributed by atoms with Crippen molar-refractivity contribution >= 4 is 0 Å². The molecule has 0 aliphatic heterocycles. The van der Waals surface area contributed by atoms with Crippen molar-refractivity contribution in [1.29, 1.82) is 0 Å². The number of ether oxygens (including phenoxy) is 1. The maximum atomic E-state index is 10.6. The van der Waals surface area contributed by atoms with Gasteiger partial charge in [-0.3, -0.25) is 0 Å². The van der Waals surface area contributed by atoms with Gasteiger partial charge >= 0.3 is 0 Å². The maximum absolute atomic E-state index is 10.6. The predicted molar refractivity (Wildman–Crippen MR) is 109 cm³/mol. The molecule has 0 bridgehead atoms. The topological polar surface area (TPSA) is 33.9 Å². The predicted octanol–water partition coefficient (Wildman–Crippen LogP) is 3.02. The van der Waals surface area contributed by atoms with Gasteiger partial charge in [0.1, 0.15) is 38.1 Å². The number of benzene rings is 3. The van der Waals surface area contributed by atoms with Crippen molar-refractivity contribution in [2.75, 3.05) is 13.2 Å². The molecule has 0 aromatic heterocycles. The zero-order valence-electron chi connectivity index (χ0n) is 15.8. The van der Waals surface area contributed by atoms with Crippen molar-refractivity contribution in [2.24, 2.45) is 0 Å². The van der Waals surface area contributed by atoms with E-state index < -0.39 is 6.10 Å². The monoisotopic (exact) mass is 362 g/mol. The summed E-state index contributed by atoms with van der Waals surface area (Å²) in [5, 5.41) is 10.6. The average Bonchev–Trinajstić information content (AvgIpc) is 2.68. The van der Waals surface area contributed by atoms with Gasteiger partial charge in [-0.2, -0.15) is 0 Å². The van der Waals surface area contributed by atoms with Crippen molar-refractivity contribution in [3.63, 3.8) is 0 Å². The molecular weight excluding hydrogens is 334 g/mol. The third-order valence-corrected chi connectivity index (χ3v) is 4.55. The van der Waals surface area contributed by atoms with E-state index in [9.17, 15) is 5.11 Å². The van der Waals surface area contributed by atoms with Crippen molar-refractivity contribution in [1.82, 2.24) is 0 Å². The van der Waals surface area contributed by atoms with Gasteiger partial charge < -0.3 is 14.7 Å². The molecule has 3 nitrogen and oxygen atoms in total. The van der Waals surface area contributed by atoms with E-state index in [1.165, 1.54) is 16.0 Å². The largest absolute Gasteiger partial charge is 0.491 e. The lowest BCUT2D eigenvalue weighted by atomic mass is 10.1. The summed E-state index contributed by atoms with van der Waals surface area (Å²) in [6.07, 6.45) is -0.520. The highest BCUT2D eigenvalue weighted by Gasteiger charge is 2.17. The minimum absolute atomic E-state index is 0.302. The van der Waals surface area contributed by atoms with Crippen LogP contribution in [0.25, 0.3) is 0 Å². The summed E-state index contributed by atoms with van der Waals surface area (Å²) in [7, 11) is 0. The molecular formula is C24H28NO2+. The smallest absolute Gasteiger partial charge is 0.137 e. The molecule has 0 heterocycles. The molecule has 0 radical (unpaired) electrons. The van der Waals surface area contributed by atoms with Crippen LogP contribution in [0.4, 0.5) is 0 Å². The molecule has 2 N–H and O–H groups in total. The summed E-state index contributed by atoms with van der Waals surface area (Å²) in [5.41, 5.74) is 3.70. The van der Waals surface area contributed by atoms with Crippen LogP contribution in [0, 0.1) is 6.92 Å². The van der Waals surface area contributed by atoms with Gasteiger partial charge in [0.2, 0.25) is 0 Å². The standard InChI is InChI=1S/C24H27NO2/c1-20-9-8-14-24(15-20)27-19-23(26)18-25(16-21-10-4-2-5-11-21)17-22-12-6-3-7-13-22/h2-15,23,26H,16-19H2,1H3/p+1/t23-/m0/s1. The first-order valence-electron chi connectivity index (χ1n) is 9.48. The zero-order chi connectivity index (χ0) is 18.9. The zero-order valence-corrected chi connectivity index (χ0v) is 15.8. The molecule has 3 rings (SSSR count). The second-order valence-corrected chi connectivity index (χ2v) is 7.06. The van der Waals surface area contributed by atoms with E-state index >= 15 is 0 Å². The molecule has 0 fully saturated rings. The third-order valence-electron chi connectivity index (χ3n) is 4.55. The van der Waals surface area contributed by atoms with Gasteiger partial charge in [0, 0.05) is 11.1 Å². The molecule has 0 spiro atoms. The van der Waals surface area contributed by atoms with Crippen LogP contribution in [0.5, 0.6) is 5.75 Å². The van der Waals surface area contributed by atoms with E-state index in [1.807, 2.05) is 43.3 Å². The Morgan fingerprint density at radius 1 is 0.815 bits per heavy atom. The van der Waals surface area contributed by atoms with E-state index in [0.717, 1.165) is 24.4 Å². The first-order chi connectivity index (χ1) is 13.2. The van der Waals surface area contributed by atoms with Crippen molar-refractivity contribution in [2.45, 2.75) is 26.1 Å². The molecule has 0 aliphatic carbocycles. The number of hydrogen-bond donors (Lipinski definition) is 2. The SMILES string of the molecule is Cc1cccc(OC[C@@H](O)C[NH+](Cc2ccccc2)Cc2ccccc2)c1. The van der Waals surface area contributed by atoms with Crippen LogP contribution in [0.2, 0.25) is 0 Å². The summed E-state index contributed by atoms with van der Waals surface area (Å²) in [6, 6.07) is 28.8. The number of rotatable bonds is 9. The minimum atomic E-state index is -0.520. The summed E-state index contributed by atoms with van der Waals surface area (Å²) in [6.45, 7) is 4.72. The summed E-state index contributed by atoms with van der Waals surface area (Å²) in [5.74, 6) is 0.807. The molecule has 1 atom stereocenters. The van der Waals surface area contributed by atoms with Gasteiger partial charge in [-0.25, -0.2) is 0 Å². The first-order valence-corrected chi connectivity index (χ1v) is 9.48. The highest BCUT2D eigenvalue weighted by Crippen LogP contribution is 2.12. The fraction of sp³-hybridized carbons (Fsp3) is 0.250. The molecule has 3 aromatic rings. The van der Waals surface area contributed by atoms with E-state index in [2.05, 4.69) is 48.5 Å². The number of aliphatic hydroxyl groups is 1. The molecule has 3 aromatic carbocycles. The summed E-state index contributed by atoms with van der Waals surface area (Å²) in [4.78, 5) is 1.31. The van der Waals surface area contributed by atoms with Gasteiger partial charge in [-0.1, -0.05) is 72.8 Å². The van der Waals surface area contributed by atoms with E-state index in [-0.39, 0.29) is 0 Å². The van der Waals surface area contributed by atoms with Crippen molar-refractivity contribution < 1.29 is 14.7 Å². The Hall–Kier alpha value is -2.62. The normalized spacial score (nSPS) is 12.1. The number of nitrogens with one attached hydrogen (secondary N) is 1. The van der Waals surface area contributed by atoms with Crippen LogP contribution in [-0.2, 0) is 13.1 Å². The second-order valence-electron chi connectivity index (χ2n) is 7.06. The van der Waals surface area contributed by atoms with E-state index in [1.54, 1.807) is 0 Å². The highest BCUT2D eigenvalue weighted by atomic mass is 16.5. The maximum Gasteiger partial charge on any atom is 0.137 e. The van der Waals surface area contributed by atoms with Crippen LogP contribution in [0.3, 0.4) is 0 Å². The number of hydrogen-bond acceptors (Lipinski definition) is 2. The minimum Gasteiger partial charge on any atom is -0.491 e. The summed E-state index contributed by atoms with van der Waals surface area (Å²) >= 11 is 0. The highest BCUT2D eigenvalue weighted by molar-refractivity contribution is 5.27. The molecule has 0 saturated heterocycles. The summed E-state index contributed by atoms with van der Waals surface area (Å²) < 4.78 is 5.79. The molecule has 140 valence electrons. The average molecular weight is 362 g/mol. The van der Waals surface area contributed by atoms with Crippen molar-refractivity contribution in [3.05, 3.63) is 102 Å². The lowest BCUT2D eigenvalue weighted by Gasteiger charge is -2.23. The lowest BCUT2D eigenvalue weighted by Crippen LogP contribution is -3.10. The molecule has 3 heteroatoms. The Kier molecular flexibility index (Phi) is 7.03. The van der Waals surface area contributed by atoms with Crippen LogP contribution in [0.15, 0.2) is 84.9 Å².